The average molecular weight is 476 g/mol. The smallest absolute Gasteiger partial charge is 0.207 e. The molecule has 1 aliphatic rings. The molecule has 0 saturated heterocycles. The van der Waals surface area contributed by atoms with Crippen LogP contribution in [0.3, 0.4) is 0 Å². The summed E-state index contributed by atoms with van der Waals surface area (Å²) in [6, 6.07) is 36.2. The lowest BCUT2D eigenvalue weighted by atomic mass is 9.84. The highest BCUT2D eigenvalue weighted by molar-refractivity contribution is 7.89. The molecule has 172 valence electrons. The van der Waals surface area contributed by atoms with Gasteiger partial charge in [0, 0.05) is 13.1 Å². The van der Waals surface area contributed by atoms with Gasteiger partial charge in [-0.25, -0.2) is 8.42 Å². The molecule has 6 rings (SSSR count). The normalized spacial score (nSPS) is 13.7. The first-order valence-corrected chi connectivity index (χ1v) is 13.2. The quantitative estimate of drug-likeness (QED) is 0.276. The lowest BCUT2D eigenvalue weighted by molar-refractivity contribution is 0.432. The van der Waals surface area contributed by atoms with Gasteiger partial charge in [0.25, 0.3) is 0 Å². The number of rotatable bonds is 4. The third-order valence-corrected chi connectivity index (χ3v) is 8.70. The van der Waals surface area contributed by atoms with Crippen molar-refractivity contribution in [1.82, 2.24) is 4.31 Å². The minimum Gasteiger partial charge on any atom is -0.207 e. The average Bonchev–Trinajstić information content (AvgIpc) is 3.36. The third-order valence-electron chi connectivity index (χ3n) is 6.89. The van der Waals surface area contributed by atoms with Crippen LogP contribution < -0.4 is 0 Å². The van der Waals surface area contributed by atoms with Gasteiger partial charge in [-0.05, 0) is 63.2 Å². The molecule has 0 radical (unpaired) electrons. The summed E-state index contributed by atoms with van der Waals surface area (Å²) in [5, 5.41) is 2.26. The number of sulfonamides is 1. The van der Waals surface area contributed by atoms with Crippen molar-refractivity contribution in [2.24, 2.45) is 0 Å². The maximum Gasteiger partial charge on any atom is 0.243 e. The van der Waals surface area contributed by atoms with Crippen LogP contribution >= 0.6 is 0 Å². The molecule has 0 spiro atoms. The predicted octanol–water partition coefficient (Wildman–Crippen LogP) is 7.19. The summed E-state index contributed by atoms with van der Waals surface area (Å²) >= 11 is 0. The highest BCUT2D eigenvalue weighted by Gasteiger charge is 2.35. The molecule has 0 aromatic heterocycles. The zero-order valence-corrected chi connectivity index (χ0v) is 20.3. The van der Waals surface area contributed by atoms with Crippen molar-refractivity contribution >= 4 is 20.8 Å². The number of aryl methyl sites for hydroxylation is 1. The van der Waals surface area contributed by atoms with Gasteiger partial charge in [-0.3, -0.25) is 0 Å². The van der Waals surface area contributed by atoms with E-state index in [-0.39, 0.29) is 0 Å². The minimum absolute atomic E-state index is 0.338. The Hall–Kier alpha value is -3.73. The topological polar surface area (TPSA) is 37.4 Å². The molecule has 4 heteroatoms. The summed E-state index contributed by atoms with van der Waals surface area (Å²) in [6.07, 6.45) is 0. The van der Waals surface area contributed by atoms with E-state index in [1.165, 1.54) is 0 Å². The zero-order chi connectivity index (χ0) is 24.0. The molecular formula is C31H25NO2S. The molecule has 1 aliphatic heterocycles. The fourth-order valence-electron chi connectivity index (χ4n) is 5.18. The van der Waals surface area contributed by atoms with Crippen LogP contribution in [0.5, 0.6) is 0 Å². The van der Waals surface area contributed by atoms with Crippen molar-refractivity contribution in [2.75, 3.05) is 0 Å². The van der Waals surface area contributed by atoms with Crippen molar-refractivity contribution in [3.05, 3.63) is 126 Å². The van der Waals surface area contributed by atoms with Crippen LogP contribution in [0.2, 0.25) is 0 Å². The van der Waals surface area contributed by atoms with E-state index in [0.717, 1.165) is 49.7 Å². The van der Waals surface area contributed by atoms with E-state index in [9.17, 15) is 8.42 Å². The Balaban J connectivity index is 1.62. The maximum absolute atomic E-state index is 13.7. The van der Waals surface area contributed by atoms with E-state index < -0.39 is 10.0 Å². The van der Waals surface area contributed by atoms with Gasteiger partial charge in [0.2, 0.25) is 10.0 Å². The number of nitrogens with zero attached hydrogens (tertiary/aromatic N) is 1. The Labute approximate surface area is 206 Å². The summed E-state index contributed by atoms with van der Waals surface area (Å²) < 4.78 is 29.0. The van der Waals surface area contributed by atoms with Crippen molar-refractivity contribution in [2.45, 2.75) is 24.9 Å². The second-order valence-corrected chi connectivity index (χ2v) is 11.0. The summed E-state index contributed by atoms with van der Waals surface area (Å²) in [4.78, 5) is 0.338. The molecule has 1 heterocycles. The standard InChI is InChI=1S/C31H25NO2S/c1-22-16-18-25(19-17-22)35(33,34)32-20-28-26-14-8-9-15-27(26)30(23-10-4-2-5-11-23)31(29(28)21-32)24-12-6-3-7-13-24/h2-19H,20-21H2,1H3. The van der Waals surface area contributed by atoms with E-state index >= 15 is 0 Å². The van der Waals surface area contributed by atoms with Crippen LogP contribution in [0, 0.1) is 6.92 Å². The van der Waals surface area contributed by atoms with Gasteiger partial charge in [0.1, 0.15) is 0 Å². The van der Waals surface area contributed by atoms with Gasteiger partial charge < -0.3 is 0 Å². The first kappa shape index (κ1) is 21.8. The maximum atomic E-state index is 13.7. The molecule has 5 aromatic carbocycles. The first-order chi connectivity index (χ1) is 17.0. The molecule has 5 aromatic rings. The highest BCUT2D eigenvalue weighted by atomic mass is 32.2. The van der Waals surface area contributed by atoms with E-state index in [1.807, 2.05) is 49.4 Å². The first-order valence-electron chi connectivity index (χ1n) is 11.8. The van der Waals surface area contributed by atoms with Crippen molar-refractivity contribution < 1.29 is 8.42 Å². The number of hydrogen-bond donors (Lipinski definition) is 0. The monoisotopic (exact) mass is 475 g/mol. The van der Waals surface area contributed by atoms with Crippen LogP contribution in [0.25, 0.3) is 33.0 Å². The predicted molar refractivity (Wildman–Crippen MR) is 142 cm³/mol. The number of fused-ring (bicyclic) bond motifs is 3. The van der Waals surface area contributed by atoms with E-state index in [0.29, 0.717) is 18.0 Å². The van der Waals surface area contributed by atoms with Gasteiger partial charge in [0.05, 0.1) is 4.90 Å². The fourth-order valence-corrected chi connectivity index (χ4v) is 6.56. The van der Waals surface area contributed by atoms with Gasteiger partial charge >= 0.3 is 0 Å². The Morgan fingerprint density at radius 1 is 0.571 bits per heavy atom. The molecule has 3 nitrogen and oxygen atoms in total. The van der Waals surface area contributed by atoms with Crippen molar-refractivity contribution in [3.63, 3.8) is 0 Å². The largest absolute Gasteiger partial charge is 0.243 e. The molecular weight excluding hydrogens is 450 g/mol. The van der Waals surface area contributed by atoms with Gasteiger partial charge in [-0.1, -0.05) is 103 Å². The van der Waals surface area contributed by atoms with Gasteiger partial charge in [0.15, 0.2) is 0 Å². The molecule has 0 bridgehead atoms. The lowest BCUT2D eigenvalue weighted by Gasteiger charge is -2.19. The summed E-state index contributed by atoms with van der Waals surface area (Å²) in [5.74, 6) is 0. The van der Waals surface area contributed by atoms with Crippen LogP contribution in [-0.2, 0) is 23.1 Å². The van der Waals surface area contributed by atoms with Gasteiger partial charge in [-0.15, -0.1) is 0 Å². The van der Waals surface area contributed by atoms with E-state index in [2.05, 4.69) is 54.6 Å². The van der Waals surface area contributed by atoms with Crippen LogP contribution in [0.4, 0.5) is 0 Å². The molecule has 0 aliphatic carbocycles. The Morgan fingerprint density at radius 3 is 1.71 bits per heavy atom. The Morgan fingerprint density at radius 2 is 1.09 bits per heavy atom. The molecule has 0 N–H and O–H groups in total. The fraction of sp³-hybridized carbons (Fsp3) is 0.0968. The molecule has 35 heavy (non-hydrogen) atoms. The number of hydrogen-bond acceptors (Lipinski definition) is 2. The molecule has 0 amide bonds. The SMILES string of the molecule is Cc1ccc(S(=O)(=O)N2Cc3c(-c4ccccc4)c(-c4ccccc4)c4ccccc4c3C2)cc1. The minimum atomic E-state index is -3.63. The van der Waals surface area contributed by atoms with Crippen LogP contribution in [0.1, 0.15) is 16.7 Å². The van der Waals surface area contributed by atoms with Crippen LogP contribution in [-0.4, -0.2) is 12.7 Å². The summed E-state index contributed by atoms with van der Waals surface area (Å²) in [7, 11) is -3.63. The second kappa shape index (κ2) is 8.49. The van der Waals surface area contributed by atoms with Crippen molar-refractivity contribution in [1.29, 1.82) is 0 Å². The van der Waals surface area contributed by atoms with Crippen molar-refractivity contribution in [3.8, 4) is 22.3 Å². The Bertz CT molecular complexity index is 1640. The molecule has 0 unspecified atom stereocenters. The lowest BCUT2D eigenvalue weighted by Crippen LogP contribution is -2.25. The van der Waals surface area contributed by atoms with E-state index in [4.69, 9.17) is 0 Å². The van der Waals surface area contributed by atoms with Gasteiger partial charge in [-0.2, -0.15) is 4.31 Å². The second-order valence-electron chi connectivity index (χ2n) is 9.07. The zero-order valence-electron chi connectivity index (χ0n) is 19.5. The van der Waals surface area contributed by atoms with Crippen LogP contribution in [0.15, 0.2) is 114 Å². The third kappa shape index (κ3) is 3.66. The summed E-state index contributed by atoms with van der Waals surface area (Å²) in [6.45, 7) is 2.67. The highest BCUT2D eigenvalue weighted by Crippen LogP contribution is 2.46. The van der Waals surface area contributed by atoms with E-state index in [1.54, 1.807) is 16.4 Å². The molecule has 0 fully saturated rings. The number of benzene rings is 5. The summed E-state index contributed by atoms with van der Waals surface area (Å²) in [5.41, 5.74) is 7.72. The molecule has 0 saturated carbocycles. The molecule has 0 atom stereocenters. The Kier molecular flexibility index (Phi) is 5.28.